The van der Waals surface area contributed by atoms with Gasteiger partial charge in [-0.3, -0.25) is 14.3 Å². The molecule has 0 aliphatic carbocycles. The molecule has 1 aliphatic rings. The molecule has 1 N–H and O–H groups in total. The second kappa shape index (κ2) is 9.38. The SMILES string of the molecule is Cc1cccc(OCC(=O)N2CCN(C(=O)c3ccc(NS(C)(=O)=O)cc3)CC2)c1C. The summed E-state index contributed by atoms with van der Waals surface area (Å²) in [6, 6.07) is 12.0. The third kappa shape index (κ3) is 5.97. The maximum Gasteiger partial charge on any atom is 0.260 e. The first-order valence-corrected chi connectivity index (χ1v) is 11.9. The number of nitrogens with zero attached hydrogens (tertiary/aromatic N) is 2. The predicted octanol–water partition coefficient (Wildman–Crippen LogP) is 2.04. The van der Waals surface area contributed by atoms with Crippen LogP contribution in [0.15, 0.2) is 42.5 Å². The van der Waals surface area contributed by atoms with E-state index < -0.39 is 10.0 Å². The molecule has 0 spiro atoms. The molecule has 1 heterocycles. The van der Waals surface area contributed by atoms with E-state index in [2.05, 4.69) is 4.72 Å². The van der Waals surface area contributed by atoms with E-state index in [9.17, 15) is 18.0 Å². The van der Waals surface area contributed by atoms with Gasteiger partial charge in [0.05, 0.1) is 6.26 Å². The van der Waals surface area contributed by atoms with Gasteiger partial charge in [-0.1, -0.05) is 12.1 Å². The highest BCUT2D eigenvalue weighted by Gasteiger charge is 2.25. The Morgan fingerprint density at radius 2 is 1.58 bits per heavy atom. The fourth-order valence-corrected chi connectivity index (χ4v) is 3.91. The van der Waals surface area contributed by atoms with E-state index in [-0.39, 0.29) is 18.4 Å². The number of carbonyl (C=O) groups is 2. The van der Waals surface area contributed by atoms with Gasteiger partial charge in [-0.15, -0.1) is 0 Å². The van der Waals surface area contributed by atoms with Crippen molar-refractivity contribution < 1.29 is 22.7 Å². The molecule has 0 atom stereocenters. The molecular weight excluding hydrogens is 418 g/mol. The van der Waals surface area contributed by atoms with Crippen LogP contribution in [0.3, 0.4) is 0 Å². The Labute approximate surface area is 182 Å². The van der Waals surface area contributed by atoms with Gasteiger partial charge in [0.25, 0.3) is 11.8 Å². The van der Waals surface area contributed by atoms with Crippen molar-refractivity contribution in [3.63, 3.8) is 0 Å². The Morgan fingerprint density at radius 1 is 0.968 bits per heavy atom. The van der Waals surface area contributed by atoms with Crippen LogP contribution in [0.5, 0.6) is 5.75 Å². The summed E-state index contributed by atoms with van der Waals surface area (Å²) in [6.07, 6.45) is 1.07. The van der Waals surface area contributed by atoms with Crippen molar-refractivity contribution in [2.75, 3.05) is 43.8 Å². The molecule has 31 heavy (non-hydrogen) atoms. The van der Waals surface area contributed by atoms with Crippen molar-refractivity contribution in [1.29, 1.82) is 0 Å². The first-order valence-electron chi connectivity index (χ1n) is 9.98. The lowest BCUT2D eigenvalue weighted by Gasteiger charge is -2.34. The Balaban J connectivity index is 1.51. The number of anilines is 1. The van der Waals surface area contributed by atoms with Crippen molar-refractivity contribution in [1.82, 2.24) is 9.80 Å². The molecule has 8 nitrogen and oxygen atoms in total. The largest absolute Gasteiger partial charge is 0.483 e. The number of rotatable bonds is 6. The number of hydrogen-bond donors (Lipinski definition) is 1. The van der Waals surface area contributed by atoms with Gasteiger partial charge in [0, 0.05) is 37.4 Å². The summed E-state index contributed by atoms with van der Waals surface area (Å²) in [5, 5.41) is 0. The zero-order valence-corrected chi connectivity index (χ0v) is 18.7. The molecule has 0 saturated carbocycles. The maximum atomic E-state index is 12.7. The van der Waals surface area contributed by atoms with Gasteiger partial charge in [-0.05, 0) is 55.3 Å². The lowest BCUT2D eigenvalue weighted by molar-refractivity contribution is -0.134. The number of piperazine rings is 1. The molecule has 0 bridgehead atoms. The number of nitrogens with one attached hydrogen (secondary N) is 1. The molecule has 1 saturated heterocycles. The predicted molar refractivity (Wildman–Crippen MR) is 119 cm³/mol. The van der Waals surface area contributed by atoms with Crippen LogP contribution in [-0.2, 0) is 14.8 Å². The average molecular weight is 446 g/mol. The Morgan fingerprint density at radius 3 is 2.19 bits per heavy atom. The normalized spacial score (nSPS) is 14.3. The Bertz CT molecular complexity index is 1060. The number of aryl methyl sites for hydroxylation is 1. The maximum absolute atomic E-state index is 12.7. The van der Waals surface area contributed by atoms with Crippen LogP contribution in [-0.4, -0.2) is 69.1 Å². The van der Waals surface area contributed by atoms with Crippen molar-refractivity contribution >= 4 is 27.5 Å². The molecule has 2 aromatic rings. The van der Waals surface area contributed by atoms with E-state index in [1.54, 1.807) is 34.1 Å². The lowest BCUT2D eigenvalue weighted by Crippen LogP contribution is -2.51. The summed E-state index contributed by atoms with van der Waals surface area (Å²) >= 11 is 0. The Kier molecular flexibility index (Phi) is 6.84. The summed E-state index contributed by atoms with van der Waals surface area (Å²) in [4.78, 5) is 28.6. The monoisotopic (exact) mass is 445 g/mol. The minimum Gasteiger partial charge on any atom is -0.483 e. The second-order valence-electron chi connectivity index (χ2n) is 7.61. The zero-order chi connectivity index (χ0) is 22.6. The van der Waals surface area contributed by atoms with Crippen LogP contribution in [0.2, 0.25) is 0 Å². The highest BCUT2D eigenvalue weighted by atomic mass is 32.2. The van der Waals surface area contributed by atoms with Crippen LogP contribution >= 0.6 is 0 Å². The molecule has 1 aliphatic heterocycles. The zero-order valence-electron chi connectivity index (χ0n) is 17.9. The molecule has 2 amide bonds. The standard InChI is InChI=1S/C22H27N3O5S/c1-16-5-4-6-20(17(16)2)30-15-21(26)24-11-13-25(14-12-24)22(27)18-7-9-19(10-8-18)23-31(3,28)29/h4-10,23H,11-15H2,1-3H3. The van der Waals surface area contributed by atoms with Gasteiger partial charge in [0.1, 0.15) is 5.75 Å². The molecule has 0 aromatic heterocycles. The third-order valence-electron chi connectivity index (χ3n) is 5.26. The molecule has 166 valence electrons. The van der Waals surface area contributed by atoms with E-state index >= 15 is 0 Å². The number of ether oxygens (including phenoxy) is 1. The molecule has 9 heteroatoms. The summed E-state index contributed by atoms with van der Waals surface area (Å²) in [5.74, 6) is 0.449. The van der Waals surface area contributed by atoms with Crippen LogP contribution in [0, 0.1) is 13.8 Å². The van der Waals surface area contributed by atoms with Gasteiger partial charge in [0.2, 0.25) is 10.0 Å². The van der Waals surface area contributed by atoms with Crippen molar-refractivity contribution in [2.24, 2.45) is 0 Å². The fraction of sp³-hybridized carbons (Fsp3) is 0.364. The minimum atomic E-state index is -3.37. The van der Waals surface area contributed by atoms with Crippen molar-refractivity contribution in [2.45, 2.75) is 13.8 Å². The Hall–Kier alpha value is -3.07. The molecular formula is C22H27N3O5S. The number of carbonyl (C=O) groups excluding carboxylic acids is 2. The van der Waals surface area contributed by atoms with Crippen LogP contribution < -0.4 is 9.46 Å². The average Bonchev–Trinajstić information content (AvgIpc) is 2.73. The summed E-state index contributed by atoms with van der Waals surface area (Å²) in [6.45, 7) is 5.66. The topological polar surface area (TPSA) is 96.0 Å². The molecule has 0 radical (unpaired) electrons. The quantitative estimate of drug-likeness (QED) is 0.734. The van der Waals surface area contributed by atoms with Gasteiger partial charge >= 0.3 is 0 Å². The smallest absolute Gasteiger partial charge is 0.260 e. The van der Waals surface area contributed by atoms with Crippen LogP contribution in [0.4, 0.5) is 5.69 Å². The highest BCUT2D eigenvalue weighted by molar-refractivity contribution is 7.92. The number of benzene rings is 2. The summed E-state index contributed by atoms with van der Waals surface area (Å²) in [5.41, 5.74) is 3.00. The highest BCUT2D eigenvalue weighted by Crippen LogP contribution is 2.20. The van der Waals surface area contributed by atoms with Gasteiger partial charge < -0.3 is 14.5 Å². The first-order chi connectivity index (χ1) is 14.6. The van der Waals surface area contributed by atoms with E-state index in [0.717, 1.165) is 17.4 Å². The van der Waals surface area contributed by atoms with E-state index in [1.807, 2.05) is 32.0 Å². The van der Waals surface area contributed by atoms with Crippen LogP contribution in [0.25, 0.3) is 0 Å². The van der Waals surface area contributed by atoms with Crippen LogP contribution in [0.1, 0.15) is 21.5 Å². The second-order valence-corrected chi connectivity index (χ2v) is 9.36. The van der Waals surface area contributed by atoms with Gasteiger partial charge in [-0.2, -0.15) is 0 Å². The van der Waals surface area contributed by atoms with Gasteiger partial charge in [-0.25, -0.2) is 8.42 Å². The fourth-order valence-electron chi connectivity index (χ4n) is 3.35. The summed E-state index contributed by atoms with van der Waals surface area (Å²) < 4.78 is 30.6. The van der Waals surface area contributed by atoms with E-state index in [0.29, 0.717) is 43.2 Å². The molecule has 1 fully saturated rings. The number of sulfonamides is 1. The van der Waals surface area contributed by atoms with Crippen molar-refractivity contribution in [3.8, 4) is 5.75 Å². The molecule has 2 aromatic carbocycles. The van der Waals surface area contributed by atoms with E-state index in [4.69, 9.17) is 4.74 Å². The molecule has 3 rings (SSSR count). The van der Waals surface area contributed by atoms with Gasteiger partial charge in [0.15, 0.2) is 6.61 Å². The summed E-state index contributed by atoms with van der Waals surface area (Å²) in [7, 11) is -3.37. The lowest BCUT2D eigenvalue weighted by atomic mass is 10.1. The number of hydrogen-bond acceptors (Lipinski definition) is 5. The van der Waals surface area contributed by atoms with Crippen molar-refractivity contribution in [3.05, 3.63) is 59.2 Å². The third-order valence-corrected chi connectivity index (χ3v) is 5.87. The number of amides is 2. The minimum absolute atomic E-state index is 0.0347. The van der Waals surface area contributed by atoms with E-state index in [1.165, 1.54) is 0 Å². The molecule has 0 unspecified atom stereocenters. The first kappa shape index (κ1) is 22.6.